The zero-order chi connectivity index (χ0) is 19.6. The van der Waals surface area contributed by atoms with E-state index in [0.29, 0.717) is 12.3 Å². The van der Waals surface area contributed by atoms with Crippen LogP contribution in [0, 0.1) is 0 Å². The Bertz CT molecular complexity index is 768. The summed E-state index contributed by atoms with van der Waals surface area (Å²) in [4.78, 5) is 23.8. The predicted molar refractivity (Wildman–Crippen MR) is 108 cm³/mol. The van der Waals surface area contributed by atoms with Crippen molar-refractivity contribution in [3.05, 3.63) is 64.1 Å². The zero-order valence-electron chi connectivity index (χ0n) is 15.3. The van der Waals surface area contributed by atoms with E-state index in [4.69, 9.17) is 9.47 Å². The van der Waals surface area contributed by atoms with Crippen molar-refractivity contribution < 1.29 is 19.1 Å². The first-order chi connectivity index (χ1) is 13.0. The average Bonchev–Trinajstić information content (AvgIpc) is 2.65. The Balaban J connectivity index is 2.37. The lowest BCUT2D eigenvalue weighted by Gasteiger charge is -2.23. The van der Waals surface area contributed by atoms with Gasteiger partial charge in [-0.2, -0.15) is 0 Å². The molecule has 0 heterocycles. The number of amides is 1. The van der Waals surface area contributed by atoms with Gasteiger partial charge in [0.05, 0.1) is 25.8 Å². The molecule has 0 saturated heterocycles. The van der Waals surface area contributed by atoms with E-state index in [2.05, 4.69) is 26.6 Å². The molecule has 0 bridgehead atoms. The van der Waals surface area contributed by atoms with Gasteiger partial charge in [-0.3, -0.25) is 15.4 Å². The van der Waals surface area contributed by atoms with Crippen molar-refractivity contribution in [3.63, 3.8) is 0 Å². The second kappa shape index (κ2) is 10.7. The van der Waals surface area contributed by atoms with E-state index >= 15 is 0 Å². The van der Waals surface area contributed by atoms with Crippen LogP contribution in [0.15, 0.2) is 53.0 Å². The molecule has 0 radical (unpaired) electrons. The topological polar surface area (TPSA) is 76.7 Å². The van der Waals surface area contributed by atoms with Gasteiger partial charge in [-0.05, 0) is 43.2 Å². The van der Waals surface area contributed by atoms with Crippen LogP contribution in [0.1, 0.15) is 31.0 Å². The first kappa shape index (κ1) is 20.9. The van der Waals surface area contributed by atoms with E-state index in [-0.39, 0.29) is 25.2 Å². The quantitative estimate of drug-likeness (QED) is 0.606. The molecule has 6 nitrogen and oxygen atoms in total. The number of anilines is 1. The van der Waals surface area contributed by atoms with E-state index in [9.17, 15) is 9.59 Å². The summed E-state index contributed by atoms with van der Waals surface area (Å²) < 4.78 is 10.9. The Morgan fingerprint density at radius 3 is 2.41 bits per heavy atom. The number of hydrogen-bond donors (Lipinski definition) is 2. The number of ether oxygens (including phenoxy) is 2. The third kappa shape index (κ3) is 6.37. The lowest BCUT2D eigenvalue weighted by atomic mass is 9.97. The van der Waals surface area contributed by atoms with Gasteiger partial charge in [0.15, 0.2) is 0 Å². The second-order valence-corrected chi connectivity index (χ2v) is 6.52. The summed E-state index contributed by atoms with van der Waals surface area (Å²) in [6, 6.07) is 14.9. The monoisotopic (exact) mass is 434 g/mol. The van der Waals surface area contributed by atoms with E-state index in [1.165, 1.54) is 0 Å². The van der Waals surface area contributed by atoms with Gasteiger partial charge in [0.2, 0.25) is 0 Å². The van der Waals surface area contributed by atoms with Crippen LogP contribution in [0.4, 0.5) is 10.5 Å². The maximum absolute atomic E-state index is 11.9. The van der Waals surface area contributed by atoms with Crippen LogP contribution < -0.4 is 10.6 Å². The highest BCUT2D eigenvalue weighted by Gasteiger charge is 2.20. The largest absolute Gasteiger partial charge is 0.465 e. The van der Waals surface area contributed by atoms with Crippen molar-refractivity contribution in [2.75, 3.05) is 25.1 Å². The Hall–Kier alpha value is -2.38. The molecule has 1 amide bonds. The fourth-order valence-electron chi connectivity index (χ4n) is 2.61. The van der Waals surface area contributed by atoms with Gasteiger partial charge >= 0.3 is 12.1 Å². The molecule has 0 aliphatic heterocycles. The molecule has 2 N–H and O–H groups in total. The Morgan fingerprint density at radius 2 is 1.74 bits per heavy atom. The van der Waals surface area contributed by atoms with E-state index in [1.54, 1.807) is 19.9 Å². The van der Waals surface area contributed by atoms with Gasteiger partial charge in [-0.15, -0.1) is 0 Å². The van der Waals surface area contributed by atoms with Gasteiger partial charge < -0.3 is 9.47 Å². The van der Waals surface area contributed by atoms with Gasteiger partial charge in [-0.1, -0.05) is 46.3 Å². The molecule has 2 rings (SSSR count). The highest BCUT2D eigenvalue weighted by molar-refractivity contribution is 9.10. The first-order valence-corrected chi connectivity index (χ1v) is 9.51. The van der Waals surface area contributed by atoms with E-state index < -0.39 is 6.09 Å². The van der Waals surface area contributed by atoms with Crippen molar-refractivity contribution in [3.8, 4) is 0 Å². The summed E-state index contributed by atoms with van der Waals surface area (Å²) in [7, 11) is 0. The summed E-state index contributed by atoms with van der Waals surface area (Å²) in [6.07, 6.45) is -0.529. The van der Waals surface area contributed by atoms with Crippen LogP contribution in [0.25, 0.3) is 0 Å². The molecule has 0 fully saturated rings. The number of hydrogen-bond acceptors (Lipinski definition) is 5. The van der Waals surface area contributed by atoms with Crippen molar-refractivity contribution >= 4 is 33.7 Å². The van der Waals surface area contributed by atoms with Crippen molar-refractivity contribution in [1.82, 2.24) is 5.32 Å². The van der Waals surface area contributed by atoms with Crippen LogP contribution in [0.5, 0.6) is 0 Å². The molecule has 7 heteroatoms. The normalized spacial score (nSPS) is 11.5. The fraction of sp³-hybridized carbons (Fsp3) is 0.300. The molecule has 2 aromatic carbocycles. The van der Waals surface area contributed by atoms with E-state index in [1.807, 2.05) is 42.5 Å². The molecule has 0 aromatic heterocycles. The number of esters is 1. The Morgan fingerprint density at radius 1 is 1.04 bits per heavy atom. The Labute approximate surface area is 167 Å². The predicted octanol–water partition coefficient (Wildman–Crippen LogP) is 4.26. The van der Waals surface area contributed by atoms with Gasteiger partial charge in [0.1, 0.15) is 0 Å². The molecule has 2 aromatic rings. The SMILES string of the molecule is CCOC(=O)CN[C@@H](c1ccccc1)c1cc(Br)ccc1NC(=O)OCC. The number of benzene rings is 2. The number of halogens is 1. The highest BCUT2D eigenvalue weighted by Crippen LogP contribution is 2.31. The van der Waals surface area contributed by atoms with Crippen molar-refractivity contribution in [2.45, 2.75) is 19.9 Å². The van der Waals surface area contributed by atoms with Crippen LogP contribution in [-0.2, 0) is 14.3 Å². The number of carbonyl (C=O) groups is 2. The van der Waals surface area contributed by atoms with Crippen molar-refractivity contribution in [1.29, 1.82) is 0 Å². The first-order valence-electron chi connectivity index (χ1n) is 8.72. The molecule has 0 aliphatic rings. The molecule has 0 spiro atoms. The average molecular weight is 435 g/mol. The summed E-state index contributed by atoms with van der Waals surface area (Å²) >= 11 is 3.48. The zero-order valence-corrected chi connectivity index (χ0v) is 16.9. The smallest absolute Gasteiger partial charge is 0.411 e. The summed E-state index contributed by atoms with van der Waals surface area (Å²) in [5, 5.41) is 5.99. The molecule has 0 unspecified atom stereocenters. The maximum Gasteiger partial charge on any atom is 0.411 e. The van der Waals surface area contributed by atoms with Crippen molar-refractivity contribution in [2.24, 2.45) is 0 Å². The molecule has 1 atom stereocenters. The lowest BCUT2D eigenvalue weighted by Crippen LogP contribution is -2.30. The number of carbonyl (C=O) groups excluding carboxylic acids is 2. The van der Waals surface area contributed by atoms with E-state index in [0.717, 1.165) is 15.6 Å². The second-order valence-electron chi connectivity index (χ2n) is 5.61. The van der Waals surface area contributed by atoms with Gasteiger partial charge in [0.25, 0.3) is 0 Å². The highest BCUT2D eigenvalue weighted by atomic mass is 79.9. The molecule has 144 valence electrons. The minimum absolute atomic E-state index is 0.0404. The number of rotatable bonds is 8. The summed E-state index contributed by atoms with van der Waals surface area (Å²) in [5.41, 5.74) is 2.35. The molecule has 0 aliphatic carbocycles. The van der Waals surface area contributed by atoms with Crippen LogP contribution in [0.3, 0.4) is 0 Å². The lowest BCUT2D eigenvalue weighted by molar-refractivity contribution is -0.142. The van der Waals surface area contributed by atoms with Crippen LogP contribution in [0.2, 0.25) is 0 Å². The maximum atomic E-state index is 11.9. The molecule has 27 heavy (non-hydrogen) atoms. The summed E-state index contributed by atoms with van der Waals surface area (Å²) in [6.45, 7) is 4.15. The molecular formula is C20H23BrN2O4. The fourth-order valence-corrected chi connectivity index (χ4v) is 2.99. The minimum Gasteiger partial charge on any atom is -0.465 e. The van der Waals surface area contributed by atoms with Gasteiger partial charge in [0, 0.05) is 10.2 Å². The standard InChI is InChI=1S/C20H23BrN2O4/c1-3-26-18(24)13-22-19(14-8-6-5-7-9-14)16-12-15(21)10-11-17(16)23-20(25)27-4-2/h5-12,19,22H,3-4,13H2,1-2H3,(H,23,25)/t19-/m0/s1. The third-order valence-electron chi connectivity index (χ3n) is 3.73. The van der Waals surface area contributed by atoms with Crippen LogP contribution >= 0.6 is 15.9 Å². The molecular weight excluding hydrogens is 412 g/mol. The van der Waals surface area contributed by atoms with Crippen LogP contribution in [-0.4, -0.2) is 31.8 Å². The number of nitrogens with one attached hydrogen (secondary N) is 2. The van der Waals surface area contributed by atoms with Gasteiger partial charge in [-0.25, -0.2) is 4.79 Å². The minimum atomic E-state index is -0.529. The summed E-state index contributed by atoms with van der Waals surface area (Å²) in [5.74, 6) is -0.340. The third-order valence-corrected chi connectivity index (χ3v) is 4.22. The Kier molecular flexibility index (Phi) is 8.29. The molecule has 0 saturated carbocycles.